The summed E-state index contributed by atoms with van der Waals surface area (Å²) in [5, 5.41) is 12.9. The van der Waals surface area contributed by atoms with Gasteiger partial charge in [-0.25, -0.2) is 23.3 Å². The largest absolute Gasteiger partial charge is 0.491 e. The van der Waals surface area contributed by atoms with Crippen molar-refractivity contribution in [1.29, 1.82) is 0 Å². The lowest BCUT2D eigenvalue weighted by molar-refractivity contribution is -0.115. The molecule has 1 amide bonds. The second-order valence-corrected chi connectivity index (χ2v) is 13.1. The van der Waals surface area contributed by atoms with Crippen molar-refractivity contribution in [3.05, 3.63) is 60.1 Å². The Morgan fingerprint density at radius 2 is 1.84 bits per heavy atom. The smallest absolute Gasteiger partial charge is 0.472 e. The number of hydrogen-bond acceptors (Lipinski definition) is 12. The van der Waals surface area contributed by atoms with Gasteiger partial charge in [0.2, 0.25) is 5.91 Å². The van der Waals surface area contributed by atoms with Crippen molar-refractivity contribution < 1.29 is 46.3 Å². The van der Waals surface area contributed by atoms with E-state index in [9.17, 15) is 23.0 Å². The number of phosphoric ester groups is 1. The minimum Gasteiger partial charge on any atom is -0.491 e. The molecule has 0 bridgehead atoms. The number of H-pyrrole nitrogens is 1. The average Bonchev–Trinajstić information content (AvgIpc) is 3.44. The molecule has 2 aromatic heterocycles. The summed E-state index contributed by atoms with van der Waals surface area (Å²) in [7, 11) is -0.826. The van der Waals surface area contributed by atoms with Crippen LogP contribution in [0.3, 0.4) is 0 Å². The van der Waals surface area contributed by atoms with Crippen molar-refractivity contribution in [3.8, 4) is 11.5 Å². The molecular weight excluding hydrogens is 667 g/mol. The summed E-state index contributed by atoms with van der Waals surface area (Å²) in [4.78, 5) is 33.0. The van der Waals surface area contributed by atoms with Gasteiger partial charge >= 0.3 is 7.82 Å². The molecule has 0 aliphatic heterocycles. The molecule has 18 heteroatoms. The number of nitrogens with zero attached hydrogens (tertiary/aromatic N) is 4. The summed E-state index contributed by atoms with van der Waals surface area (Å²) in [5.74, 6) is -1.23. The van der Waals surface area contributed by atoms with Gasteiger partial charge in [-0.1, -0.05) is 6.07 Å². The lowest BCUT2D eigenvalue weighted by atomic mass is 10.2. The Morgan fingerprint density at radius 3 is 2.59 bits per heavy atom. The van der Waals surface area contributed by atoms with Gasteiger partial charge in [-0.3, -0.25) is 18.9 Å². The van der Waals surface area contributed by atoms with E-state index in [0.717, 1.165) is 6.07 Å². The number of carbonyl (C=O) groups excluding carboxylic acids is 1. The lowest BCUT2D eigenvalue weighted by Gasteiger charge is -2.23. The SMILES string of the molecule is COCCOc1cc(OCCN(C)CCOP(=O)(O)OC(C)(C)C)c2c(Nc3cc(CC(=O)Nc4cccc(F)c4F)[nH]n3)ncnc2c1. The van der Waals surface area contributed by atoms with Crippen molar-refractivity contribution in [2.45, 2.75) is 32.8 Å². The van der Waals surface area contributed by atoms with Crippen molar-refractivity contribution in [2.75, 3.05) is 64.3 Å². The summed E-state index contributed by atoms with van der Waals surface area (Å²) in [6.07, 6.45) is 1.17. The van der Waals surface area contributed by atoms with Crippen LogP contribution in [0.2, 0.25) is 0 Å². The van der Waals surface area contributed by atoms with Crippen molar-refractivity contribution in [3.63, 3.8) is 0 Å². The molecule has 0 aliphatic carbocycles. The van der Waals surface area contributed by atoms with E-state index in [0.29, 0.717) is 66.0 Å². The van der Waals surface area contributed by atoms with Crippen LogP contribution in [0.25, 0.3) is 10.9 Å². The molecule has 4 aromatic rings. The quantitative estimate of drug-likeness (QED) is 0.0817. The fraction of sp³-hybridized carbons (Fsp3) is 0.419. The van der Waals surface area contributed by atoms with Crippen molar-refractivity contribution in [1.82, 2.24) is 25.1 Å². The molecule has 0 radical (unpaired) electrons. The molecule has 0 fully saturated rings. The van der Waals surface area contributed by atoms with E-state index in [2.05, 4.69) is 30.8 Å². The van der Waals surface area contributed by atoms with Crippen molar-refractivity contribution in [2.24, 2.45) is 0 Å². The molecule has 4 rings (SSSR count). The summed E-state index contributed by atoms with van der Waals surface area (Å²) in [6, 6.07) is 8.52. The Morgan fingerprint density at radius 1 is 1.06 bits per heavy atom. The molecule has 0 aliphatic rings. The van der Waals surface area contributed by atoms with E-state index < -0.39 is 31.0 Å². The van der Waals surface area contributed by atoms with Crippen LogP contribution in [0.1, 0.15) is 26.5 Å². The number of methoxy groups -OCH3 is 1. The second kappa shape index (κ2) is 16.9. The molecule has 266 valence electrons. The zero-order chi connectivity index (χ0) is 35.6. The van der Waals surface area contributed by atoms with Crippen LogP contribution < -0.4 is 20.1 Å². The lowest BCUT2D eigenvalue weighted by Crippen LogP contribution is -2.28. The fourth-order valence-corrected chi connectivity index (χ4v) is 5.43. The van der Waals surface area contributed by atoms with Crippen LogP contribution in [0, 0.1) is 11.6 Å². The number of rotatable bonds is 18. The highest BCUT2D eigenvalue weighted by atomic mass is 31.2. The number of hydrogen-bond donors (Lipinski definition) is 4. The number of carbonyl (C=O) groups is 1. The Labute approximate surface area is 281 Å². The van der Waals surface area contributed by atoms with Gasteiger partial charge < -0.3 is 34.6 Å². The van der Waals surface area contributed by atoms with Crippen LogP contribution in [0.4, 0.5) is 26.1 Å². The number of amides is 1. The third kappa shape index (κ3) is 11.7. The molecule has 2 heterocycles. The van der Waals surface area contributed by atoms with Gasteiger partial charge in [-0.15, -0.1) is 0 Å². The first-order valence-electron chi connectivity index (χ1n) is 15.2. The van der Waals surface area contributed by atoms with Gasteiger partial charge in [0, 0.05) is 44.1 Å². The molecule has 0 saturated heterocycles. The Balaban J connectivity index is 1.44. The molecule has 15 nitrogen and oxygen atoms in total. The number of aromatic amines is 1. The number of nitrogens with one attached hydrogen (secondary N) is 3. The Bertz CT molecular complexity index is 1770. The predicted molar refractivity (Wildman–Crippen MR) is 177 cm³/mol. The monoisotopic (exact) mass is 707 g/mol. The third-order valence-corrected chi connectivity index (χ3v) is 7.82. The van der Waals surface area contributed by atoms with Gasteiger partial charge in [0.1, 0.15) is 36.9 Å². The number of fused-ring (bicyclic) bond motifs is 1. The number of anilines is 3. The normalized spacial score (nSPS) is 13.0. The molecule has 0 spiro atoms. The molecule has 1 unspecified atom stereocenters. The summed E-state index contributed by atoms with van der Waals surface area (Å²) >= 11 is 0. The minimum atomic E-state index is -4.20. The molecule has 4 N–H and O–H groups in total. The van der Waals surface area contributed by atoms with Crippen LogP contribution in [-0.2, 0) is 29.6 Å². The highest BCUT2D eigenvalue weighted by Crippen LogP contribution is 2.47. The first kappa shape index (κ1) is 37.6. The Kier molecular flexibility index (Phi) is 13.0. The highest BCUT2D eigenvalue weighted by molar-refractivity contribution is 7.47. The minimum absolute atomic E-state index is 0.0387. The predicted octanol–water partition coefficient (Wildman–Crippen LogP) is 4.82. The van der Waals surface area contributed by atoms with Gasteiger partial charge in [-0.2, -0.15) is 5.10 Å². The van der Waals surface area contributed by atoms with E-state index in [1.165, 1.54) is 18.5 Å². The number of aromatic nitrogens is 4. The van der Waals surface area contributed by atoms with Gasteiger partial charge in [-0.05, 0) is 40.0 Å². The van der Waals surface area contributed by atoms with Crippen molar-refractivity contribution >= 4 is 42.0 Å². The van der Waals surface area contributed by atoms with E-state index in [-0.39, 0.29) is 25.3 Å². The number of benzene rings is 2. The first-order chi connectivity index (χ1) is 23.2. The van der Waals surface area contributed by atoms with E-state index in [1.54, 1.807) is 46.1 Å². The average molecular weight is 708 g/mol. The van der Waals surface area contributed by atoms with Crippen LogP contribution in [-0.4, -0.2) is 95.1 Å². The molecule has 2 aromatic carbocycles. The second-order valence-electron chi connectivity index (χ2n) is 11.8. The summed E-state index contributed by atoms with van der Waals surface area (Å²) in [6.45, 7) is 6.57. The molecule has 49 heavy (non-hydrogen) atoms. The molecule has 1 atom stereocenters. The fourth-order valence-electron chi connectivity index (χ4n) is 4.38. The van der Waals surface area contributed by atoms with Gasteiger partial charge in [0.25, 0.3) is 0 Å². The van der Waals surface area contributed by atoms with Crippen LogP contribution >= 0.6 is 7.82 Å². The first-order valence-corrected chi connectivity index (χ1v) is 16.7. The van der Waals surface area contributed by atoms with Crippen LogP contribution in [0.5, 0.6) is 11.5 Å². The number of likely N-dealkylation sites (N-methyl/N-ethyl adjacent to an activating group) is 1. The summed E-state index contributed by atoms with van der Waals surface area (Å²) in [5.41, 5.74) is -0.201. The van der Waals surface area contributed by atoms with Gasteiger partial charge in [0.05, 0.1) is 41.8 Å². The standard InChI is InChI=1S/C31H40F2N7O8P/c1-31(2,3)48-49(42,43)47-12-10-40(4)9-11-46-25-18-21(45-14-13-44-5)17-24-28(25)30(35-19-34-24)37-26-15-20(38-39-26)16-27(41)36-23-8-6-7-22(32)29(23)33/h6-8,15,17-19H,9-14,16H2,1-5H3,(H,36,41)(H,42,43)(H2,34,35,37,38,39). The number of phosphoric acid groups is 1. The van der Waals surface area contributed by atoms with E-state index in [1.807, 2.05) is 11.9 Å². The van der Waals surface area contributed by atoms with E-state index in [4.69, 9.17) is 23.3 Å². The third-order valence-electron chi connectivity index (χ3n) is 6.53. The molecule has 0 saturated carbocycles. The summed E-state index contributed by atoms with van der Waals surface area (Å²) < 4.78 is 66.9. The van der Waals surface area contributed by atoms with Crippen LogP contribution in [0.15, 0.2) is 42.7 Å². The van der Waals surface area contributed by atoms with Gasteiger partial charge in [0.15, 0.2) is 17.5 Å². The Hall–Kier alpha value is -4.25. The highest BCUT2D eigenvalue weighted by Gasteiger charge is 2.28. The number of halogens is 2. The number of ether oxygens (including phenoxy) is 3. The maximum atomic E-state index is 14.0. The maximum Gasteiger partial charge on any atom is 0.472 e. The zero-order valence-electron chi connectivity index (χ0n) is 27.8. The topological polar surface area (TPSA) is 182 Å². The maximum absolute atomic E-state index is 14.0. The zero-order valence-corrected chi connectivity index (χ0v) is 28.7. The van der Waals surface area contributed by atoms with E-state index >= 15 is 0 Å². The molecular formula is C31H40F2N7O8P.